The van der Waals surface area contributed by atoms with E-state index in [1.54, 1.807) is 6.92 Å². The van der Waals surface area contributed by atoms with Crippen molar-refractivity contribution >= 4 is 26.5 Å². The first-order valence-corrected chi connectivity index (χ1v) is 7.60. The van der Waals surface area contributed by atoms with Gasteiger partial charge < -0.3 is 4.74 Å². The standard InChI is InChI=1S/C10H10FN3O3S2/c1-2-17-9-4-3-7(5-8(9)11)19(15,16)14-10-13-12-6-18-10/h3-6H,2H2,1H3,(H,13,14). The predicted molar refractivity (Wildman–Crippen MR) is 68.3 cm³/mol. The van der Waals surface area contributed by atoms with Gasteiger partial charge in [0.15, 0.2) is 11.6 Å². The van der Waals surface area contributed by atoms with Gasteiger partial charge in [0.1, 0.15) is 5.51 Å². The lowest BCUT2D eigenvalue weighted by atomic mass is 10.3. The molecule has 0 aliphatic rings. The zero-order chi connectivity index (χ0) is 13.9. The largest absolute Gasteiger partial charge is 0.491 e. The predicted octanol–water partition coefficient (Wildman–Crippen LogP) is 1.88. The Bertz CT molecular complexity index is 659. The molecule has 9 heteroatoms. The van der Waals surface area contributed by atoms with Crippen LogP contribution in [0.15, 0.2) is 28.6 Å². The molecule has 0 spiro atoms. The Morgan fingerprint density at radius 3 is 2.84 bits per heavy atom. The number of ether oxygens (including phenoxy) is 1. The highest BCUT2D eigenvalue weighted by atomic mass is 32.2. The van der Waals surface area contributed by atoms with Crippen molar-refractivity contribution in [3.8, 4) is 5.75 Å². The second-order valence-electron chi connectivity index (χ2n) is 3.37. The van der Waals surface area contributed by atoms with Gasteiger partial charge >= 0.3 is 0 Å². The van der Waals surface area contributed by atoms with Crippen molar-refractivity contribution in [3.05, 3.63) is 29.5 Å². The van der Waals surface area contributed by atoms with E-state index in [0.717, 1.165) is 17.4 Å². The average molecular weight is 303 g/mol. The Hall–Kier alpha value is -1.74. The molecule has 102 valence electrons. The van der Waals surface area contributed by atoms with E-state index in [2.05, 4.69) is 14.9 Å². The van der Waals surface area contributed by atoms with E-state index in [9.17, 15) is 12.8 Å². The SMILES string of the molecule is CCOc1ccc(S(=O)(=O)Nc2nncs2)cc1F. The Balaban J connectivity index is 2.28. The minimum absolute atomic E-state index is 0.0114. The van der Waals surface area contributed by atoms with Crippen LogP contribution in [-0.4, -0.2) is 25.2 Å². The lowest BCUT2D eigenvalue weighted by Crippen LogP contribution is -2.13. The average Bonchev–Trinajstić information content (AvgIpc) is 2.84. The zero-order valence-corrected chi connectivity index (χ0v) is 11.5. The molecule has 0 aliphatic heterocycles. The van der Waals surface area contributed by atoms with Gasteiger partial charge in [0, 0.05) is 0 Å². The topological polar surface area (TPSA) is 81.2 Å². The van der Waals surface area contributed by atoms with Crippen LogP contribution in [0.5, 0.6) is 5.75 Å². The fourth-order valence-electron chi connectivity index (χ4n) is 1.31. The Kier molecular flexibility index (Phi) is 3.96. The van der Waals surface area contributed by atoms with Crippen LogP contribution in [0.3, 0.4) is 0 Å². The van der Waals surface area contributed by atoms with Gasteiger partial charge in [-0.25, -0.2) is 12.8 Å². The van der Waals surface area contributed by atoms with Crippen molar-refractivity contribution in [1.82, 2.24) is 10.2 Å². The summed E-state index contributed by atoms with van der Waals surface area (Å²) < 4.78 is 44.7. The van der Waals surface area contributed by atoms with Crippen LogP contribution in [0.2, 0.25) is 0 Å². The van der Waals surface area contributed by atoms with Crippen LogP contribution in [0.4, 0.5) is 9.52 Å². The van der Waals surface area contributed by atoms with E-state index in [-0.39, 0.29) is 15.8 Å². The van der Waals surface area contributed by atoms with Crippen molar-refractivity contribution in [3.63, 3.8) is 0 Å². The summed E-state index contributed by atoms with van der Waals surface area (Å²) in [5.74, 6) is -0.723. The summed E-state index contributed by atoms with van der Waals surface area (Å²) in [4.78, 5) is -0.205. The smallest absolute Gasteiger partial charge is 0.263 e. The summed E-state index contributed by atoms with van der Waals surface area (Å²) in [5.41, 5.74) is 1.39. The number of hydrogen-bond acceptors (Lipinski definition) is 6. The Labute approximate surface area is 113 Å². The maximum absolute atomic E-state index is 13.6. The molecule has 19 heavy (non-hydrogen) atoms. The third-order valence-corrected chi connectivity index (χ3v) is 4.17. The molecule has 2 rings (SSSR count). The molecule has 1 aromatic heterocycles. The Morgan fingerprint density at radius 1 is 1.47 bits per heavy atom. The van der Waals surface area contributed by atoms with Crippen molar-refractivity contribution in [2.45, 2.75) is 11.8 Å². The van der Waals surface area contributed by atoms with E-state index in [1.165, 1.54) is 17.6 Å². The van der Waals surface area contributed by atoms with E-state index < -0.39 is 15.8 Å². The monoisotopic (exact) mass is 303 g/mol. The molecule has 0 radical (unpaired) electrons. The molecule has 0 saturated heterocycles. The lowest BCUT2D eigenvalue weighted by Gasteiger charge is -2.08. The van der Waals surface area contributed by atoms with Gasteiger partial charge in [-0.05, 0) is 25.1 Å². The summed E-state index contributed by atoms with van der Waals surface area (Å²) in [6, 6.07) is 3.43. The summed E-state index contributed by atoms with van der Waals surface area (Å²) in [5, 5.41) is 7.18. The third-order valence-electron chi connectivity index (χ3n) is 2.10. The van der Waals surface area contributed by atoms with E-state index in [1.807, 2.05) is 0 Å². The van der Waals surface area contributed by atoms with Gasteiger partial charge in [-0.1, -0.05) is 11.3 Å². The fourth-order valence-corrected chi connectivity index (χ4v) is 3.02. The number of benzene rings is 1. The first-order chi connectivity index (χ1) is 9.03. The number of aromatic nitrogens is 2. The van der Waals surface area contributed by atoms with Crippen molar-refractivity contribution < 1.29 is 17.5 Å². The number of halogens is 1. The molecule has 1 heterocycles. The van der Waals surface area contributed by atoms with Crippen LogP contribution in [-0.2, 0) is 10.0 Å². The summed E-state index contributed by atoms with van der Waals surface area (Å²) in [6.45, 7) is 2.01. The molecular weight excluding hydrogens is 293 g/mol. The highest BCUT2D eigenvalue weighted by molar-refractivity contribution is 7.93. The highest BCUT2D eigenvalue weighted by Crippen LogP contribution is 2.23. The molecule has 0 saturated carbocycles. The van der Waals surface area contributed by atoms with Crippen LogP contribution < -0.4 is 9.46 Å². The van der Waals surface area contributed by atoms with Crippen molar-refractivity contribution in [2.75, 3.05) is 11.3 Å². The molecule has 0 fully saturated rings. The van der Waals surface area contributed by atoms with Crippen LogP contribution in [0, 0.1) is 5.82 Å². The minimum atomic E-state index is -3.88. The maximum atomic E-state index is 13.6. The molecule has 0 unspecified atom stereocenters. The number of sulfonamides is 1. The number of nitrogens with one attached hydrogen (secondary N) is 1. The van der Waals surface area contributed by atoms with E-state index >= 15 is 0 Å². The molecule has 2 aromatic rings. The molecule has 1 N–H and O–H groups in total. The van der Waals surface area contributed by atoms with Crippen LogP contribution in [0.25, 0.3) is 0 Å². The molecule has 6 nitrogen and oxygen atoms in total. The number of hydrogen-bond donors (Lipinski definition) is 1. The molecule has 1 aromatic carbocycles. The minimum Gasteiger partial charge on any atom is -0.491 e. The lowest BCUT2D eigenvalue weighted by molar-refractivity contribution is 0.321. The van der Waals surface area contributed by atoms with Crippen molar-refractivity contribution in [2.24, 2.45) is 0 Å². The van der Waals surface area contributed by atoms with Crippen LogP contribution in [0.1, 0.15) is 6.92 Å². The first kappa shape index (κ1) is 13.7. The van der Waals surface area contributed by atoms with Gasteiger partial charge in [0.25, 0.3) is 10.0 Å². The second-order valence-corrected chi connectivity index (χ2v) is 5.89. The van der Waals surface area contributed by atoms with Crippen LogP contribution >= 0.6 is 11.3 Å². The molecular formula is C10H10FN3O3S2. The number of nitrogens with zero attached hydrogens (tertiary/aromatic N) is 2. The quantitative estimate of drug-likeness (QED) is 0.912. The molecule has 0 bridgehead atoms. The van der Waals surface area contributed by atoms with Gasteiger partial charge in [-0.15, -0.1) is 10.2 Å². The fraction of sp³-hybridized carbons (Fsp3) is 0.200. The van der Waals surface area contributed by atoms with Crippen molar-refractivity contribution in [1.29, 1.82) is 0 Å². The number of rotatable bonds is 5. The van der Waals surface area contributed by atoms with Gasteiger partial charge in [-0.3, -0.25) is 4.72 Å². The van der Waals surface area contributed by atoms with Gasteiger partial charge in [0.05, 0.1) is 11.5 Å². The van der Waals surface area contributed by atoms with E-state index in [4.69, 9.17) is 4.74 Å². The molecule has 0 atom stereocenters. The summed E-state index contributed by atoms with van der Waals surface area (Å²) >= 11 is 1.03. The Morgan fingerprint density at radius 2 is 2.26 bits per heavy atom. The highest BCUT2D eigenvalue weighted by Gasteiger charge is 2.18. The van der Waals surface area contributed by atoms with E-state index in [0.29, 0.717) is 6.61 Å². The normalized spacial score (nSPS) is 11.3. The number of anilines is 1. The third kappa shape index (κ3) is 3.18. The first-order valence-electron chi connectivity index (χ1n) is 5.24. The maximum Gasteiger partial charge on any atom is 0.263 e. The van der Waals surface area contributed by atoms with Gasteiger partial charge in [-0.2, -0.15) is 0 Å². The molecule has 0 aliphatic carbocycles. The zero-order valence-electron chi connectivity index (χ0n) is 9.83. The molecule has 0 amide bonds. The summed E-state index contributed by atoms with van der Waals surface area (Å²) in [6.07, 6.45) is 0. The summed E-state index contributed by atoms with van der Waals surface area (Å²) in [7, 11) is -3.88. The van der Waals surface area contributed by atoms with Gasteiger partial charge in [0.2, 0.25) is 5.13 Å². The second kappa shape index (κ2) is 5.49.